The van der Waals surface area contributed by atoms with Crippen molar-refractivity contribution in [3.05, 3.63) is 59.0 Å². The zero-order valence-corrected chi connectivity index (χ0v) is 17.6. The molecule has 2 aromatic carbocycles. The second-order valence-electron chi connectivity index (χ2n) is 7.82. The quantitative estimate of drug-likeness (QED) is 0.619. The van der Waals surface area contributed by atoms with E-state index in [1.807, 2.05) is 30.3 Å². The lowest BCUT2D eigenvalue weighted by Crippen LogP contribution is -2.57. The molecule has 2 bridgehead atoms. The van der Waals surface area contributed by atoms with Gasteiger partial charge in [0.2, 0.25) is 0 Å². The van der Waals surface area contributed by atoms with Crippen LogP contribution in [0.2, 0.25) is 0 Å². The van der Waals surface area contributed by atoms with Gasteiger partial charge in [-0.25, -0.2) is 0 Å². The number of carbonyl (C=O) groups excluding carboxylic acids is 2. The second kappa shape index (κ2) is 8.27. The van der Waals surface area contributed by atoms with Crippen LogP contribution in [0, 0.1) is 5.92 Å². The maximum Gasteiger partial charge on any atom is 0.261 e. The van der Waals surface area contributed by atoms with Gasteiger partial charge in [0.05, 0.1) is 4.88 Å². The Kier molecular flexibility index (Phi) is 5.72. The van der Waals surface area contributed by atoms with E-state index in [-0.39, 0.29) is 24.4 Å². The Morgan fingerprint density at radius 1 is 1.03 bits per heavy atom. The van der Waals surface area contributed by atoms with Crippen molar-refractivity contribution in [3.63, 3.8) is 0 Å². The molecular formula is C23H23ClN2O2S. The molecule has 3 aliphatic heterocycles. The lowest BCUT2D eigenvalue weighted by atomic mass is 9.84. The van der Waals surface area contributed by atoms with Gasteiger partial charge in [-0.2, -0.15) is 0 Å². The SMILES string of the molecule is Cl.O=Cc1ccc(-c2ccc3cc(C(=O)N[C@H]4CN5CCC4CC5)sc3c2)cc1. The first-order chi connectivity index (χ1) is 13.7. The molecule has 6 rings (SSSR count). The van der Waals surface area contributed by atoms with Gasteiger partial charge in [0.1, 0.15) is 6.29 Å². The topological polar surface area (TPSA) is 49.4 Å². The maximum absolute atomic E-state index is 12.8. The number of benzene rings is 2. The van der Waals surface area contributed by atoms with Gasteiger partial charge in [0.15, 0.2) is 0 Å². The first-order valence-electron chi connectivity index (χ1n) is 9.82. The summed E-state index contributed by atoms with van der Waals surface area (Å²) in [6.07, 6.45) is 3.25. The van der Waals surface area contributed by atoms with E-state index in [4.69, 9.17) is 0 Å². The third-order valence-electron chi connectivity index (χ3n) is 6.10. The Balaban J connectivity index is 0.00000205. The van der Waals surface area contributed by atoms with Gasteiger partial charge in [-0.15, -0.1) is 23.7 Å². The van der Waals surface area contributed by atoms with Gasteiger partial charge in [0.25, 0.3) is 5.91 Å². The minimum Gasteiger partial charge on any atom is -0.347 e. The van der Waals surface area contributed by atoms with E-state index in [2.05, 4.69) is 28.4 Å². The lowest BCUT2D eigenvalue weighted by Gasteiger charge is -2.44. The summed E-state index contributed by atoms with van der Waals surface area (Å²) in [5.74, 6) is 0.682. The predicted molar refractivity (Wildman–Crippen MR) is 120 cm³/mol. The van der Waals surface area contributed by atoms with E-state index in [0.29, 0.717) is 11.5 Å². The Hall–Kier alpha value is -2.21. The summed E-state index contributed by atoms with van der Waals surface area (Å²) in [6, 6.07) is 16.1. The van der Waals surface area contributed by atoms with E-state index in [0.717, 1.165) is 38.9 Å². The van der Waals surface area contributed by atoms with Gasteiger partial charge < -0.3 is 10.2 Å². The number of halogens is 1. The highest BCUT2D eigenvalue weighted by Crippen LogP contribution is 2.32. The monoisotopic (exact) mass is 426 g/mol. The van der Waals surface area contributed by atoms with Gasteiger partial charge in [-0.05, 0) is 60.5 Å². The van der Waals surface area contributed by atoms with Gasteiger partial charge in [-0.1, -0.05) is 36.4 Å². The predicted octanol–water partition coefficient (Wildman–Crippen LogP) is 4.63. The van der Waals surface area contributed by atoms with Crippen LogP contribution in [-0.2, 0) is 0 Å². The van der Waals surface area contributed by atoms with E-state index < -0.39 is 0 Å². The fourth-order valence-corrected chi connectivity index (χ4v) is 5.45. The Bertz CT molecular complexity index is 1040. The summed E-state index contributed by atoms with van der Waals surface area (Å²) in [7, 11) is 0. The number of fused-ring (bicyclic) bond motifs is 4. The smallest absolute Gasteiger partial charge is 0.261 e. The summed E-state index contributed by atoms with van der Waals surface area (Å²) < 4.78 is 1.11. The first-order valence-corrected chi connectivity index (χ1v) is 10.6. The largest absolute Gasteiger partial charge is 0.347 e. The number of nitrogens with one attached hydrogen (secondary N) is 1. The molecule has 0 saturated carbocycles. The summed E-state index contributed by atoms with van der Waals surface area (Å²) in [4.78, 5) is 26.9. The molecule has 6 heteroatoms. The molecule has 0 radical (unpaired) electrons. The second-order valence-corrected chi connectivity index (χ2v) is 8.90. The standard InChI is InChI=1S/C23H22N2O2S.ClH/c26-14-15-1-3-16(4-2-15)18-5-6-19-12-22(28-21(19)11-18)23(27)24-20-13-25-9-7-17(20)8-10-25;/h1-6,11-12,14,17,20H,7-10,13H2,(H,24,27);1H/t20-;/m0./s1. The van der Waals surface area contributed by atoms with Gasteiger partial charge in [0, 0.05) is 22.8 Å². The molecule has 3 saturated heterocycles. The van der Waals surface area contributed by atoms with Crippen LogP contribution in [-0.4, -0.2) is 42.8 Å². The Morgan fingerprint density at radius 3 is 2.41 bits per heavy atom. The van der Waals surface area contributed by atoms with E-state index in [9.17, 15) is 9.59 Å². The average Bonchev–Trinajstić information content (AvgIpc) is 3.18. The third kappa shape index (κ3) is 3.95. The number of thiophene rings is 1. The highest BCUT2D eigenvalue weighted by molar-refractivity contribution is 7.20. The van der Waals surface area contributed by atoms with Crippen LogP contribution in [0.1, 0.15) is 32.9 Å². The van der Waals surface area contributed by atoms with Crippen LogP contribution < -0.4 is 5.32 Å². The van der Waals surface area contributed by atoms with E-state index >= 15 is 0 Å². The molecule has 3 fully saturated rings. The zero-order valence-electron chi connectivity index (χ0n) is 16.0. The van der Waals surface area contributed by atoms with Crippen molar-refractivity contribution in [1.29, 1.82) is 0 Å². The molecule has 150 valence electrons. The van der Waals surface area contributed by atoms with Crippen LogP contribution >= 0.6 is 23.7 Å². The number of carbonyl (C=O) groups is 2. The van der Waals surface area contributed by atoms with Crippen LogP contribution in [0.4, 0.5) is 0 Å². The van der Waals surface area contributed by atoms with Crippen LogP contribution in [0.15, 0.2) is 48.5 Å². The van der Waals surface area contributed by atoms with Crippen molar-refractivity contribution in [1.82, 2.24) is 10.2 Å². The summed E-state index contributed by atoms with van der Waals surface area (Å²) in [6.45, 7) is 3.34. The number of nitrogens with zero attached hydrogens (tertiary/aromatic N) is 1. The summed E-state index contributed by atoms with van der Waals surface area (Å²) >= 11 is 1.55. The van der Waals surface area contributed by atoms with Crippen molar-refractivity contribution in [2.75, 3.05) is 19.6 Å². The van der Waals surface area contributed by atoms with E-state index in [1.165, 1.54) is 25.9 Å². The molecule has 4 heterocycles. The van der Waals surface area contributed by atoms with E-state index in [1.54, 1.807) is 11.3 Å². The molecule has 0 aliphatic carbocycles. The van der Waals surface area contributed by atoms with Crippen LogP contribution in [0.5, 0.6) is 0 Å². The zero-order chi connectivity index (χ0) is 19.1. The molecule has 3 aliphatic rings. The van der Waals surface area contributed by atoms with Crippen molar-refractivity contribution in [2.45, 2.75) is 18.9 Å². The van der Waals surface area contributed by atoms with Crippen molar-refractivity contribution >= 4 is 46.0 Å². The number of piperidine rings is 3. The fraction of sp³-hybridized carbons (Fsp3) is 0.304. The molecule has 1 N–H and O–H groups in total. The highest BCUT2D eigenvalue weighted by Gasteiger charge is 2.35. The van der Waals surface area contributed by atoms with Crippen LogP contribution in [0.25, 0.3) is 21.2 Å². The maximum atomic E-state index is 12.8. The number of aldehydes is 1. The summed E-state index contributed by atoms with van der Waals surface area (Å²) in [5.41, 5.74) is 2.84. The molecule has 0 spiro atoms. The highest BCUT2D eigenvalue weighted by atomic mass is 35.5. The molecule has 3 aromatic rings. The van der Waals surface area contributed by atoms with Gasteiger partial charge >= 0.3 is 0 Å². The fourth-order valence-electron chi connectivity index (χ4n) is 4.44. The van der Waals surface area contributed by atoms with Crippen molar-refractivity contribution in [3.8, 4) is 11.1 Å². The molecule has 4 nitrogen and oxygen atoms in total. The number of rotatable bonds is 4. The number of hydrogen-bond acceptors (Lipinski definition) is 4. The molecular weight excluding hydrogens is 404 g/mol. The first kappa shape index (κ1) is 20.1. The van der Waals surface area contributed by atoms with Crippen molar-refractivity contribution < 1.29 is 9.59 Å². The van der Waals surface area contributed by atoms with Crippen LogP contribution in [0.3, 0.4) is 0 Å². The number of hydrogen-bond donors (Lipinski definition) is 1. The third-order valence-corrected chi connectivity index (χ3v) is 7.19. The van der Waals surface area contributed by atoms with Crippen molar-refractivity contribution in [2.24, 2.45) is 5.92 Å². The Labute approximate surface area is 180 Å². The molecule has 0 unspecified atom stereocenters. The van der Waals surface area contributed by atoms with Gasteiger partial charge in [-0.3, -0.25) is 9.59 Å². The molecule has 1 atom stereocenters. The normalized spacial score (nSPS) is 22.8. The average molecular weight is 427 g/mol. The molecule has 29 heavy (non-hydrogen) atoms. The Morgan fingerprint density at radius 2 is 1.76 bits per heavy atom. The minimum absolute atomic E-state index is 0. The molecule has 1 amide bonds. The number of amides is 1. The molecule has 1 aromatic heterocycles. The minimum atomic E-state index is 0. The summed E-state index contributed by atoms with van der Waals surface area (Å²) in [5, 5.41) is 4.38. The lowest BCUT2D eigenvalue weighted by molar-refractivity contribution is 0.0622.